The van der Waals surface area contributed by atoms with Crippen molar-refractivity contribution in [1.82, 2.24) is 4.90 Å². The van der Waals surface area contributed by atoms with Crippen LogP contribution in [0.25, 0.3) is 0 Å². The molecule has 0 aromatic rings. The van der Waals surface area contributed by atoms with E-state index in [1.807, 2.05) is 13.0 Å². The van der Waals surface area contributed by atoms with Gasteiger partial charge in [0.1, 0.15) is 0 Å². The van der Waals surface area contributed by atoms with Gasteiger partial charge >= 0.3 is 5.97 Å². The van der Waals surface area contributed by atoms with Gasteiger partial charge in [-0.3, -0.25) is 4.90 Å². The van der Waals surface area contributed by atoms with E-state index in [1.165, 1.54) is 19.3 Å². The summed E-state index contributed by atoms with van der Waals surface area (Å²) in [6.07, 6.45) is 6.25. The molecule has 0 saturated heterocycles. The Hall–Kier alpha value is -0.830. The molecule has 3 heteroatoms. The minimum atomic E-state index is -0.771. The zero-order valence-electron chi connectivity index (χ0n) is 11.3. The third kappa shape index (κ3) is 5.35. The highest BCUT2D eigenvalue weighted by Crippen LogP contribution is 2.27. The van der Waals surface area contributed by atoms with Gasteiger partial charge in [0.05, 0.1) is 0 Å². The molecule has 98 valence electrons. The number of carboxylic acids is 1. The Bertz CT molecular complexity index is 280. The molecule has 0 unspecified atom stereocenters. The molecule has 1 rings (SSSR count). The molecular weight excluding hydrogens is 214 g/mol. The first kappa shape index (κ1) is 14.2. The molecular formula is C14H25NO2. The molecule has 1 N–H and O–H groups in total. The maximum absolute atomic E-state index is 10.9. The highest BCUT2D eigenvalue weighted by Gasteiger charge is 2.28. The normalized spacial score (nSPS) is 16.9. The lowest BCUT2D eigenvalue weighted by molar-refractivity contribution is -0.132. The predicted molar refractivity (Wildman–Crippen MR) is 70.1 cm³/mol. The highest BCUT2D eigenvalue weighted by atomic mass is 16.4. The Morgan fingerprint density at radius 2 is 2.12 bits per heavy atom. The van der Waals surface area contributed by atoms with Crippen molar-refractivity contribution >= 4 is 5.97 Å². The van der Waals surface area contributed by atoms with Crippen LogP contribution in [0.3, 0.4) is 0 Å². The fourth-order valence-electron chi connectivity index (χ4n) is 1.90. The lowest BCUT2D eigenvalue weighted by Crippen LogP contribution is -2.28. The molecule has 1 aliphatic rings. The second kappa shape index (κ2) is 6.80. The quantitative estimate of drug-likeness (QED) is 0.662. The Morgan fingerprint density at radius 3 is 2.53 bits per heavy atom. The molecule has 0 aliphatic heterocycles. The van der Waals surface area contributed by atoms with Crippen LogP contribution in [0, 0.1) is 5.92 Å². The van der Waals surface area contributed by atoms with E-state index in [1.54, 1.807) is 0 Å². The predicted octanol–water partition coefficient (Wildman–Crippen LogP) is 2.92. The van der Waals surface area contributed by atoms with Gasteiger partial charge in [0, 0.05) is 18.2 Å². The zero-order chi connectivity index (χ0) is 12.8. The SMILES string of the molecule is CCC(=CCN(CCC(C)C)C1CC1)C(=O)O. The van der Waals surface area contributed by atoms with Crippen molar-refractivity contribution in [1.29, 1.82) is 0 Å². The second-order valence-corrected chi connectivity index (χ2v) is 5.30. The van der Waals surface area contributed by atoms with Gasteiger partial charge < -0.3 is 5.11 Å². The van der Waals surface area contributed by atoms with E-state index in [0.717, 1.165) is 13.1 Å². The highest BCUT2D eigenvalue weighted by molar-refractivity contribution is 5.86. The van der Waals surface area contributed by atoms with Gasteiger partial charge in [0.2, 0.25) is 0 Å². The molecule has 1 aliphatic carbocycles. The first-order valence-corrected chi connectivity index (χ1v) is 6.71. The number of carbonyl (C=O) groups is 1. The van der Waals surface area contributed by atoms with Gasteiger partial charge in [-0.2, -0.15) is 0 Å². The summed E-state index contributed by atoms with van der Waals surface area (Å²) in [5, 5.41) is 8.97. The van der Waals surface area contributed by atoms with Gasteiger partial charge in [-0.05, 0) is 38.1 Å². The molecule has 0 atom stereocenters. The van der Waals surface area contributed by atoms with Gasteiger partial charge in [-0.15, -0.1) is 0 Å². The van der Waals surface area contributed by atoms with E-state index in [2.05, 4.69) is 18.7 Å². The third-order valence-electron chi connectivity index (χ3n) is 3.28. The molecule has 0 heterocycles. The first-order chi connectivity index (χ1) is 8.04. The molecule has 0 aromatic carbocycles. The summed E-state index contributed by atoms with van der Waals surface area (Å²) in [5.41, 5.74) is 0.542. The van der Waals surface area contributed by atoms with Crippen molar-refractivity contribution in [3.05, 3.63) is 11.6 Å². The van der Waals surface area contributed by atoms with Gasteiger partial charge in [-0.25, -0.2) is 4.79 Å². The summed E-state index contributed by atoms with van der Waals surface area (Å²) in [4.78, 5) is 13.3. The minimum Gasteiger partial charge on any atom is -0.478 e. The summed E-state index contributed by atoms with van der Waals surface area (Å²) in [6.45, 7) is 8.25. The molecule has 0 spiro atoms. The fraction of sp³-hybridized carbons (Fsp3) is 0.786. The molecule has 0 amide bonds. The molecule has 17 heavy (non-hydrogen) atoms. The first-order valence-electron chi connectivity index (χ1n) is 6.71. The second-order valence-electron chi connectivity index (χ2n) is 5.30. The van der Waals surface area contributed by atoms with E-state index >= 15 is 0 Å². The van der Waals surface area contributed by atoms with Crippen molar-refractivity contribution in [3.8, 4) is 0 Å². The third-order valence-corrected chi connectivity index (χ3v) is 3.28. The average molecular weight is 239 g/mol. The Kier molecular flexibility index (Phi) is 5.69. The number of hydrogen-bond acceptors (Lipinski definition) is 2. The van der Waals surface area contributed by atoms with Crippen LogP contribution < -0.4 is 0 Å². The van der Waals surface area contributed by atoms with Crippen LogP contribution in [0.1, 0.15) is 46.5 Å². The van der Waals surface area contributed by atoms with E-state index in [4.69, 9.17) is 5.11 Å². The summed E-state index contributed by atoms with van der Waals surface area (Å²) >= 11 is 0. The summed E-state index contributed by atoms with van der Waals surface area (Å²) in [7, 11) is 0. The molecule has 0 radical (unpaired) electrons. The monoisotopic (exact) mass is 239 g/mol. The van der Waals surface area contributed by atoms with Gasteiger partial charge in [0.15, 0.2) is 0 Å². The van der Waals surface area contributed by atoms with Crippen LogP contribution in [-0.4, -0.2) is 35.1 Å². The molecule has 0 aromatic heterocycles. The Balaban J connectivity index is 2.46. The smallest absolute Gasteiger partial charge is 0.331 e. The maximum atomic E-state index is 10.9. The molecule has 1 saturated carbocycles. The molecule has 0 bridgehead atoms. The van der Waals surface area contributed by atoms with Gasteiger partial charge in [0.25, 0.3) is 0 Å². The number of aliphatic carboxylic acids is 1. The van der Waals surface area contributed by atoms with Crippen LogP contribution in [0.2, 0.25) is 0 Å². The minimum absolute atomic E-state index is 0.542. The number of nitrogens with zero attached hydrogens (tertiary/aromatic N) is 1. The van der Waals surface area contributed by atoms with Crippen molar-refractivity contribution in [2.24, 2.45) is 5.92 Å². The number of rotatable bonds is 8. The van der Waals surface area contributed by atoms with Gasteiger partial charge in [-0.1, -0.05) is 26.8 Å². The van der Waals surface area contributed by atoms with Crippen LogP contribution in [-0.2, 0) is 4.79 Å². The summed E-state index contributed by atoms with van der Waals surface area (Å²) < 4.78 is 0. The van der Waals surface area contributed by atoms with Crippen molar-refractivity contribution in [2.45, 2.75) is 52.5 Å². The lowest BCUT2D eigenvalue weighted by atomic mass is 10.1. The Labute approximate surface area is 105 Å². The maximum Gasteiger partial charge on any atom is 0.331 e. The molecule has 1 fully saturated rings. The lowest BCUT2D eigenvalue weighted by Gasteiger charge is -2.21. The van der Waals surface area contributed by atoms with Crippen LogP contribution >= 0.6 is 0 Å². The van der Waals surface area contributed by atoms with Crippen molar-refractivity contribution < 1.29 is 9.90 Å². The standard InChI is InChI=1S/C14H25NO2/c1-4-12(14(16)17)8-10-15(13-5-6-13)9-7-11(2)3/h8,11,13H,4-7,9-10H2,1-3H3,(H,16,17). The summed E-state index contributed by atoms with van der Waals surface area (Å²) in [6, 6.07) is 0.705. The number of hydrogen-bond donors (Lipinski definition) is 1. The van der Waals surface area contributed by atoms with Crippen LogP contribution in [0.15, 0.2) is 11.6 Å². The Morgan fingerprint density at radius 1 is 1.47 bits per heavy atom. The largest absolute Gasteiger partial charge is 0.478 e. The zero-order valence-corrected chi connectivity index (χ0v) is 11.3. The molecule has 3 nitrogen and oxygen atoms in total. The van der Waals surface area contributed by atoms with Crippen molar-refractivity contribution in [3.63, 3.8) is 0 Å². The van der Waals surface area contributed by atoms with E-state index in [9.17, 15) is 4.79 Å². The topological polar surface area (TPSA) is 40.5 Å². The van der Waals surface area contributed by atoms with E-state index in [0.29, 0.717) is 24.0 Å². The van der Waals surface area contributed by atoms with E-state index in [-0.39, 0.29) is 0 Å². The fourth-order valence-corrected chi connectivity index (χ4v) is 1.90. The summed E-state index contributed by atoms with van der Waals surface area (Å²) in [5.74, 6) is -0.0579. The van der Waals surface area contributed by atoms with E-state index < -0.39 is 5.97 Å². The average Bonchev–Trinajstić information content (AvgIpc) is 3.06. The van der Waals surface area contributed by atoms with Crippen LogP contribution in [0.5, 0.6) is 0 Å². The number of carboxylic acid groups (broad SMARTS) is 1. The van der Waals surface area contributed by atoms with Crippen LogP contribution in [0.4, 0.5) is 0 Å². The van der Waals surface area contributed by atoms with Crippen molar-refractivity contribution in [2.75, 3.05) is 13.1 Å².